The summed E-state index contributed by atoms with van der Waals surface area (Å²) in [5.74, 6) is 0. The second kappa shape index (κ2) is 2.19. The molecular weight excluding hydrogens is 140 g/mol. The van der Waals surface area contributed by atoms with Gasteiger partial charge in [0.15, 0.2) is 0 Å². The number of likely N-dealkylation sites (tertiary alicyclic amines) is 1. The Labute approximate surface area is 67.4 Å². The fraction of sp³-hybridized carbons (Fsp3) is 1.00. The van der Waals surface area contributed by atoms with Crippen LogP contribution in [-0.2, 0) is 0 Å². The Morgan fingerprint density at radius 2 is 2.36 bits per heavy atom. The maximum absolute atomic E-state index is 9.10. The van der Waals surface area contributed by atoms with Gasteiger partial charge in [0.25, 0.3) is 0 Å². The number of nitrogens with one attached hydrogen (secondary N) is 1. The molecule has 2 saturated heterocycles. The molecule has 2 unspecified atom stereocenters. The van der Waals surface area contributed by atoms with Crippen molar-refractivity contribution in [1.29, 1.82) is 0 Å². The molecule has 0 aromatic rings. The summed E-state index contributed by atoms with van der Waals surface area (Å²) in [6, 6.07) is 1.43. The molecule has 11 heavy (non-hydrogen) atoms. The van der Waals surface area contributed by atoms with Crippen LogP contribution in [0.3, 0.4) is 0 Å². The van der Waals surface area contributed by atoms with Crippen molar-refractivity contribution in [1.82, 2.24) is 10.2 Å². The van der Waals surface area contributed by atoms with Gasteiger partial charge in [-0.1, -0.05) is 0 Å². The molecule has 2 atom stereocenters. The lowest BCUT2D eigenvalue weighted by Crippen LogP contribution is -2.81. The molecule has 0 aliphatic carbocycles. The van der Waals surface area contributed by atoms with E-state index in [2.05, 4.69) is 24.1 Å². The van der Waals surface area contributed by atoms with Crippen LogP contribution in [0.2, 0.25) is 0 Å². The quantitative estimate of drug-likeness (QED) is 0.561. The molecule has 2 heterocycles. The second-order valence-electron chi connectivity index (χ2n) is 4.20. The smallest absolute Gasteiger partial charge is 0.0610 e. The third-order valence-electron chi connectivity index (χ3n) is 3.01. The van der Waals surface area contributed by atoms with Crippen molar-refractivity contribution in [3.63, 3.8) is 0 Å². The van der Waals surface area contributed by atoms with Gasteiger partial charge in [-0.15, -0.1) is 0 Å². The summed E-state index contributed by atoms with van der Waals surface area (Å²) in [6.07, 6.45) is 0. The van der Waals surface area contributed by atoms with Crippen LogP contribution < -0.4 is 5.32 Å². The number of hydrogen-bond donors (Lipinski definition) is 2. The summed E-state index contributed by atoms with van der Waals surface area (Å²) in [7, 11) is 0. The highest BCUT2D eigenvalue weighted by molar-refractivity contribution is 5.10. The molecule has 0 aromatic heterocycles. The zero-order valence-corrected chi connectivity index (χ0v) is 7.17. The topological polar surface area (TPSA) is 35.5 Å². The average Bonchev–Trinajstić information content (AvgIpc) is 1.95. The summed E-state index contributed by atoms with van der Waals surface area (Å²) < 4.78 is 0. The third-order valence-corrected chi connectivity index (χ3v) is 3.01. The van der Waals surface area contributed by atoms with Gasteiger partial charge in [-0.25, -0.2) is 0 Å². The van der Waals surface area contributed by atoms with E-state index in [1.807, 2.05) is 0 Å². The summed E-state index contributed by atoms with van der Waals surface area (Å²) >= 11 is 0. The Morgan fingerprint density at radius 1 is 1.64 bits per heavy atom. The highest BCUT2D eigenvalue weighted by Gasteiger charge is 2.50. The van der Waals surface area contributed by atoms with Gasteiger partial charge < -0.3 is 10.4 Å². The number of hydrogen-bond acceptors (Lipinski definition) is 3. The molecule has 0 amide bonds. The van der Waals surface area contributed by atoms with Crippen LogP contribution in [0.15, 0.2) is 0 Å². The van der Waals surface area contributed by atoms with E-state index in [0.717, 1.165) is 19.1 Å². The van der Waals surface area contributed by atoms with E-state index in [1.54, 1.807) is 0 Å². The van der Waals surface area contributed by atoms with Gasteiger partial charge in [0.2, 0.25) is 0 Å². The highest BCUT2D eigenvalue weighted by atomic mass is 16.3. The molecule has 0 aromatic carbocycles. The molecule has 64 valence electrons. The Kier molecular flexibility index (Phi) is 1.50. The molecule has 3 heteroatoms. The minimum atomic E-state index is -0.0106. The number of nitrogens with zero attached hydrogens (tertiary/aromatic N) is 1. The number of piperazine rings is 1. The van der Waals surface area contributed by atoms with E-state index in [0.29, 0.717) is 6.04 Å². The first kappa shape index (κ1) is 7.53. The highest BCUT2D eigenvalue weighted by Crippen LogP contribution is 2.31. The molecule has 0 bridgehead atoms. The second-order valence-corrected chi connectivity index (χ2v) is 4.20. The van der Waals surface area contributed by atoms with Gasteiger partial charge in [0.1, 0.15) is 0 Å². The van der Waals surface area contributed by atoms with Gasteiger partial charge in [-0.05, 0) is 13.8 Å². The van der Waals surface area contributed by atoms with Crippen molar-refractivity contribution >= 4 is 0 Å². The van der Waals surface area contributed by atoms with Crippen molar-refractivity contribution in [3.8, 4) is 0 Å². The maximum Gasteiger partial charge on any atom is 0.0610 e. The molecule has 2 aliphatic heterocycles. The first-order valence-electron chi connectivity index (χ1n) is 4.26. The molecular formula is C8H16N2O. The summed E-state index contributed by atoms with van der Waals surface area (Å²) in [6.45, 7) is 6.67. The van der Waals surface area contributed by atoms with Crippen LogP contribution in [-0.4, -0.2) is 47.3 Å². The standard InChI is InChI=1S/C8H16N2O/c1-8(2,5-11)10-4-6-7(10)3-9-6/h6-7,9,11H,3-5H2,1-2H3. The molecule has 2 aliphatic rings. The minimum absolute atomic E-state index is 0.0106. The van der Waals surface area contributed by atoms with Crippen molar-refractivity contribution in [2.24, 2.45) is 0 Å². The normalized spacial score (nSPS) is 37.4. The van der Waals surface area contributed by atoms with Crippen molar-refractivity contribution in [2.75, 3.05) is 19.7 Å². The minimum Gasteiger partial charge on any atom is -0.394 e. The number of aliphatic hydroxyl groups excluding tert-OH is 1. The lowest BCUT2D eigenvalue weighted by atomic mass is 9.83. The van der Waals surface area contributed by atoms with Crippen LogP contribution in [0, 0.1) is 0 Å². The largest absolute Gasteiger partial charge is 0.394 e. The van der Waals surface area contributed by atoms with Crippen LogP contribution in [0.25, 0.3) is 0 Å². The van der Waals surface area contributed by atoms with Crippen molar-refractivity contribution in [3.05, 3.63) is 0 Å². The molecule has 2 N–H and O–H groups in total. The Morgan fingerprint density at radius 3 is 2.64 bits per heavy atom. The first-order chi connectivity index (χ1) is 5.15. The molecule has 2 rings (SSSR count). The van der Waals surface area contributed by atoms with Gasteiger partial charge in [-0.3, -0.25) is 4.90 Å². The zero-order chi connectivity index (χ0) is 8.06. The lowest BCUT2D eigenvalue weighted by molar-refractivity contribution is -0.0995. The van der Waals surface area contributed by atoms with Gasteiger partial charge in [0, 0.05) is 30.7 Å². The Hall–Kier alpha value is -0.120. The fourth-order valence-corrected chi connectivity index (χ4v) is 1.90. The summed E-state index contributed by atoms with van der Waals surface area (Å²) in [4.78, 5) is 2.38. The van der Waals surface area contributed by atoms with Gasteiger partial charge >= 0.3 is 0 Å². The van der Waals surface area contributed by atoms with E-state index < -0.39 is 0 Å². The first-order valence-corrected chi connectivity index (χ1v) is 4.26. The summed E-state index contributed by atoms with van der Waals surface area (Å²) in [5.41, 5.74) is -0.0106. The van der Waals surface area contributed by atoms with Crippen LogP contribution in [0.1, 0.15) is 13.8 Å². The summed E-state index contributed by atoms with van der Waals surface area (Å²) in [5, 5.41) is 12.4. The van der Waals surface area contributed by atoms with Crippen LogP contribution in [0.5, 0.6) is 0 Å². The molecule has 0 saturated carbocycles. The predicted octanol–water partition coefficient (Wildman–Crippen LogP) is -0.587. The monoisotopic (exact) mass is 156 g/mol. The van der Waals surface area contributed by atoms with E-state index in [1.165, 1.54) is 0 Å². The zero-order valence-electron chi connectivity index (χ0n) is 7.17. The average molecular weight is 156 g/mol. The molecule has 0 spiro atoms. The van der Waals surface area contributed by atoms with Crippen molar-refractivity contribution < 1.29 is 5.11 Å². The predicted molar refractivity (Wildman–Crippen MR) is 43.4 cm³/mol. The number of fused-ring (bicyclic) bond motifs is 1. The van der Waals surface area contributed by atoms with E-state index in [9.17, 15) is 0 Å². The number of rotatable bonds is 2. The maximum atomic E-state index is 9.10. The van der Waals surface area contributed by atoms with Crippen molar-refractivity contribution in [2.45, 2.75) is 31.5 Å². The lowest BCUT2D eigenvalue weighted by Gasteiger charge is -2.61. The molecule has 0 radical (unpaired) electrons. The van der Waals surface area contributed by atoms with Gasteiger partial charge in [0.05, 0.1) is 6.61 Å². The van der Waals surface area contributed by atoms with E-state index >= 15 is 0 Å². The SMILES string of the molecule is CC(C)(CO)N1CC2NCC21. The van der Waals surface area contributed by atoms with E-state index in [4.69, 9.17) is 5.11 Å². The van der Waals surface area contributed by atoms with Gasteiger partial charge in [-0.2, -0.15) is 0 Å². The van der Waals surface area contributed by atoms with Crippen LogP contribution in [0.4, 0.5) is 0 Å². The fourth-order valence-electron chi connectivity index (χ4n) is 1.90. The van der Waals surface area contributed by atoms with Crippen LogP contribution >= 0.6 is 0 Å². The third kappa shape index (κ3) is 0.916. The Balaban J connectivity index is 1.96. The molecule has 3 nitrogen and oxygen atoms in total. The number of aliphatic hydroxyl groups is 1. The van der Waals surface area contributed by atoms with E-state index in [-0.39, 0.29) is 12.1 Å². The molecule has 2 fully saturated rings. The Bertz CT molecular complexity index is 169.